The highest BCUT2D eigenvalue weighted by atomic mass is 32.2. The number of anilines is 2. The molecule has 3 aromatic rings. The van der Waals surface area contributed by atoms with Crippen molar-refractivity contribution in [1.82, 2.24) is 19.5 Å². The summed E-state index contributed by atoms with van der Waals surface area (Å²) in [6, 6.07) is 1.05. The van der Waals surface area contributed by atoms with Crippen LogP contribution in [0, 0.1) is 0 Å². The molecule has 4 heterocycles. The number of thioether (sulfide) groups is 1. The average Bonchev–Trinajstić information content (AvgIpc) is 3.57. The topological polar surface area (TPSA) is 182 Å². The number of aliphatic hydroxyl groups excluding tert-OH is 2. The maximum absolute atomic E-state index is 14.3. The second-order valence-electron chi connectivity index (χ2n) is 9.75. The Morgan fingerprint density at radius 3 is 2.58 bits per heavy atom. The van der Waals surface area contributed by atoms with Gasteiger partial charge in [-0.05, 0) is 6.07 Å². The van der Waals surface area contributed by atoms with Crippen molar-refractivity contribution in [2.75, 3.05) is 17.2 Å². The Balaban J connectivity index is 1.28. The fraction of sp³-hybridized carbons (Fsp3) is 0.478. The molecule has 17 heteroatoms. The van der Waals surface area contributed by atoms with Gasteiger partial charge in [-0.25, -0.2) is 14.8 Å². The summed E-state index contributed by atoms with van der Waals surface area (Å²) in [6.45, 7) is 5.18. The number of thiazole rings is 1. The molecule has 40 heavy (non-hydrogen) atoms. The number of carbonyl (C=O) groups excluding carboxylic acids is 2. The first-order chi connectivity index (χ1) is 18.8. The highest BCUT2D eigenvalue weighted by Gasteiger charge is 2.59. The van der Waals surface area contributed by atoms with Gasteiger partial charge in [0, 0.05) is 11.6 Å². The van der Waals surface area contributed by atoms with Crippen LogP contribution in [-0.4, -0.2) is 66.3 Å². The molecule has 0 saturated carbocycles. The molecule has 2 amide bonds. The Hall–Kier alpha value is -3.25. The van der Waals surface area contributed by atoms with Gasteiger partial charge in [-0.3, -0.25) is 14.2 Å². The lowest BCUT2D eigenvalue weighted by Crippen LogP contribution is -2.41. The first kappa shape index (κ1) is 29.7. The number of aliphatic hydroxyl groups is 2. The molecule has 0 unspecified atom stereocenters. The second kappa shape index (κ2) is 11.7. The molecule has 3 aromatic heterocycles. The van der Waals surface area contributed by atoms with Gasteiger partial charge in [-0.15, -0.1) is 11.8 Å². The lowest BCUT2D eigenvalue weighted by molar-refractivity contribution is -0.141. The lowest BCUT2D eigenvalue weighted by Gasteiger charge is -2.21. The minimum absolute atomic E-state index is 0.155. The molecule has 1 aliphatic rings. The van der Waals surface area contributed by atoms with E-state index in [-0.39, 0.29) is 16.4 Å². The van der Waals surface area contributed by atoms with Crippen molar-refractivity contribution in [3.05, 3.63) is 46.8 Å². The first-order valence-corrected chi connectivity index (χ1v) is 13.6. The predicted octanol–water partition coefficient (Wildman–Crippen LogP) is 2.13. The number of halogens is 2. The monoisotopic (exact) mass is 600 g/mol. The third-order valence-electron chi connectivity index (χ3n) is 5.59. The molecule has 1 aliphatic heterocycles. The average molecular weight is 601 g/mol. The maximum atomic E-state index is 14.3. The van der Waals surface area contributed by atoms with Gasteiger partial charge in [0.25, 0.3) is 0 Å². The van der Waals surface area contributed by atoms with E-state index in [1.807, 2.05) is 20.8 Å². The van der Waals surface area contributed by atoms with Crippen LogP contribution in [0.15, 0.2) is 38.1 Å². The van der Waals surface area contributed by atoms with Gasteiger partial charge in [0.2, 0.25) is 23.9 Å². The third-order valence-corrected chi connectivity index (χ3v) is 7.68. The molecule has 0 radical (unpaired) electrons. The van der Waals surface area contributed by atoms with Crippen molar-refractivity contribution in [1.29, 1.82) is 0 Å². The third kappa shape index (κ3) is 6.72. The Bertz CT molecular complexity index is 1440. The normalized spacial score (nSPS) is 20.4. The molecule has 216 valence electrons. The molecular weight excluding hydrogens is 574 g/mol. The van der Waals surface area contributed by atoms with Crippen molar-refractivity contribution in [3.8, 4) is 0 Å². The molecule has 1 fully saturated rings. The summed E-state index contributed by atoms with van der Waals surface area (Å²) in [5.74, 6) is -3.85. The van der Waals surface area contributed by atoms with E-state index in [2.05, 4.69) is 25.6 Å². The van der Waals surface area contributed by atoms with Crippen LogP contribution in [0.5, 0.6) is 0 Å². The van der Waals surface area contributed by atoms with Gasteiger partial charge in [0.1, 0.15) is 24.1 Å². The number of carbonyl (C=O) groups is 2. The quantitative estimate of drug-likeness (QED) is 0.209. The molecule has 0 spiro atoms. The zero-order valence-corrected chi connectivity index (χ0v) is 23.1. The van der Waals surface area contributed by atoms with Gasteiger partial charge in [-0.2, -0.15) is 13.8 Å². The summed E-state index contributed by atoms with van der Waals surface area (Å²) >= 11 is 2.62. The molecular formula is C23H26F2N6O7S2. The number of hydrogen-bond acceptors (Lipinski definition) is 12. The molecule has 0 aliphatic carbocycles. The molecule has 4 N–H and O–H groups in total. The second-order valence-corrected chi connectivity index (χ2v) is 12.1. The van der Waals surface area contributed by atoms with Gasteiger partial charge < -0.3 is 30.0 Å². The summed E-state index contributed by atoms with van der Waals surface area (Å²) < 4.78 is 40.5. The number of rotatable bonds is 9. The Labute approximate surface area is 234 Å². The summed E-state index contributed by atoms with van der Waals surface area (Å²) in [5.41, 5.74) is -1.36. The first-order valence-electron chi connectivity index (χ1n) is 11.8. The van der Waals surface area contributed by atoms with Crippen molar-refractivity contribution in [2.45, 2.75) is 66.9 Å². The van der Waals surface area contributed by atoms with E-state index >= 15 is 0 Å². The van der Waals surface area contributed by atoms with E-state index in [1.54, 1.807) is 12.4 Å². The number of oxazole rings is 1. The van der Waals surface area contributed by atoms with Crippen molar-refractivity contribution in [3.63, 3.8) is 0 Å². The Morgan fingerprint density at radius 1 is 1.23 bits per heavy atom. The molecule has 1 saturated heterocycles. The van der Waals surface area contributed by atoms with Gasteiger partial charge in [-0.1, -0.05) is 32.1 Å². The van der Waals surface area contributed by atoms with Crippen molar-refractivity contribution in [2.24, 2.45) is 0 Å². The zero-order chi connectivity index (χ0) is 29.2. The van der Waals surface area contributed by atoms with Crippen LogP contribution in [0.4, 0.5) is 19.7 Å². The Morgan fingerprint density at radius 2 is 1.95 bits per heavy atom. The number of aromatic nitrogens is 4. The number of alkyl halides is 2. The fourth-order valence-electron chi connectivity index (χ4n) is 3.52. The van der Waals surface area contributed by atoms with Gasteiger partial charge >= 0.3 is 11.6 Å². The smallest absolute Gasteiger partial charge is 0.351 e. The van der Waals surface area contributed by atoms with Crippen molar-refractivity contribution >= 4 is 45.9 Å². The van der Waals surface area contributed by atoms with Gasteiger partial charge in [0.05, 0.1) is 29.0 Å². The van der Waals surface area contributed by atoms with Crippen LogP contribution < -0.4 is 16.3 Å². The van der Waals surface area contributed by atoms with Crippen molar-refractivity contribution < 1.29 is 37.7 Å². The van der Waals surface area contributed by atoms with E-state index in [0.29, 0.717) is 16.2 Å². The van der Waals surface area contributed by atoms with Crippen LogP contribution in [0.25, 0.3) is 0 Å². The van der Waals surface area contributed by atoms with E-state index in [9.17, 15) is 28.3 Å². The van der Waals surface area contributed by atoms with E-state index < -0.39 is 54.9 Å². The predicted molar refractivity (Wildman–Crippen MR) is 139 cm³/mol. The largest absolute Gasteiger partial charge is 0.444 e. The number of nitrogens with zero attached hydrogens (tertiary/aromatic N) is 4. The van der Waals surface area contributed by atoms with E-state index in [0.717, 1.165) is 22.2 Å². The number of amides is 2. The van der Waals surface area contributed by atoms with Crippen LogP contribution in [0.1, 0.15) is 45.1 Å². The minimum Gasteiger partial charge on any atom is -0.444 e. The summed E-state index contributed by atoms with van der Waals surface area (Å²) in [5, 5.41) is 23.7. The summed E-state index contributed by atoms with van der Waals surface area (Å²) in [6.07, 6.45) is -2.59. The number of hydrogen-bond donors (Lipinski definition) is 4. The van der Waals surface area contributed by atoms with Gasteiger partial charge in [0.15, 0.2) is 11.2 Å². The van der Waals surface area contributed by atoms with Crippen LogP contribution in [0.3, 0.4) is 0 Å². The fourth-order valence-corrected chi connectivity index (χ4v) is 5.26. The molecule has 3 atom stereocenters. The summed E-state index contributed by atoms with van der Waals surface area (Å²) in [7, 11) is 0. The summed E-state index contributed by atoms with van der Waals surface area (Å²) in [4.78, 5) is 48.7. The standard InChI is InChI=1S/C23H26F2N6O7S2/c1-22(2,3)12-7-26-16(38-12)10-39-17-8-27-20(40-17)30-15(34)6-14(33)28-13-4-5-31(21(36)29-13)19-23(24,25)18(35)11(9-32)37-19/h4-5,7-8,11,18-19,32,35H,6,9-10H2,1-3H3,(H,27,30,34)(H,28,29,33,36)/t11-,18-,19-/m1/s1. The maximum Gasteiger partial charge on any atom is 0.351 e. The number of ether oxygens (including phenoxy) is 1. The molecule has 4 rings (SSSR count). The van der Waals surface area contributed by atoms with E-state index in [1.165, 1.54) is 23.1 Å². The highest BCUT2D eigenvalue weighted by molar-refractivity contribution is 8.00. The number of nitrogens with one attached hydrogen (secondary N) is 2. The lowest BCUT2D eigenvalue weighted by atomic mass is 9.94. The molecule has 13 nitrogen and oxygen atoms in total. The highest BCUT2D eigenvalue weighted by Crippen LogP contribution is 2.42. The van der Waals surface area contributed by atoms with Crippen LogP contribution in [-0.2, 0) is 25.5 Å². The van der Waals surface area contributed by atoms with Crippen LogP contribution >= 0.6 is 23.1 Å². The van der Waals surface area contributed by atoms with E-state index in [4.69, 9.17) is 14.3 Å². The SMILES string of the molecule is CC(C)(C)c1cnc(CSc2cnc(NC(=O)CC(=O)Nc3ccn([C@@H]4O[C@H](CO)[C@@H](O)C4(F)F)c(=O)n3)s2)o1. The minimum atomic E-state index is -3.87. The molecule has 0 bridgehead atoms. The zero-order valence-electron chi connectivity index (χ0n) is 21.5. The molecule has 0 aromatic carbocycles. The van der Waals surface area contributed by atoms with Crippen LogP contribution in [0.2, 0.25) is 0 Å². The Kier molecular flexibility index (Phi) is 8.69.